The molecule has 0 aliphatic carbocycles. The van der Waals surface area contributed by atoms with Crippen LogP contribution in [0.3, 0.4) is 0 Å². The minimum atomic E-state index is -2.25. The van der Waals surface area contributed by atoms with Crippen molar-refractivity contribution in [1.29, 1.82) is 0 Å². The first-order valence-corrected chi connectivity index (χ1v) is 33.8. The number of carboxylic acids is 1. The van der Waals surface area contributed by atoms with Crippen molar-refractivity contribution in [2.45, 2.75) is 120 Å². The van der Waals surface area contributed by atoms with Gasteiger partial charge in [-0.3, -0.25) is 28.8 Å². The van der Waals surface area contributed by atoms with Gasteiger partial charge in [-0.1, -0.05) is 85.1 Å². The van der Waals surface area contributed by atoms with Gasteiger partial charge in [0.1, 0.15) is 88.2 Å². The second-order valence-electron chi connectivity index (χ2n) is 26.5. The van der Waals surface area contributed by atoms with E-state index in [2.05, 4.69) is 49.5 Å². The van der Waals surface area contributed by atoms with E-state index in [1.807, 2.05) is 24.3 Å². The lowest BCUT2D eigenvalue weighted by Crippen LogP contribution is -2.55. The predicted octanol–water partition coefficient (Wildman–Crippen LogP) is 9.18. The molecule has 6 aliphatic heterocycles. The number of aliphatic hydroxyl groups is 1. The number of fused-ring (bicyclic) bond motifs is 14. The highest BCUT2D eigenvalue weighted by atomic mass is 35.5. The highest BCUT2D eigenvalue weighted by Crippen LogP contribution is 2.49. The molecule has 6 heterocycles. The number of alkyl carbamates (subject to hydrolysis) is 1. The van der Waals surface area contributed by atoms with Gasteiger partial charge >= 0.3 is 12.1 Å². The van der Waals surface area contributed by atoms with E-state index in [4.69, 9.17) is 42.1 Å². The monoisotopic (exact) mass is 1470 g/mol. The summed E-state index contributed by atoms with van der Waals surface area (Å²) in [5, 5.41) is 115. The van der Waals surface area contributed by atoms with Gasteiger partial charge in [-0.25, -0.2) is 9.59 Å². The number of halogens is 2. The van der Waals surface area contributed by atoms with Crippen LogP contribution in [0.2, 0.25) is 10.0 Å². The van der Waals surface area contributed by atoms with Crippen LogP contribution in [0.15, 0.2) is 133 Å². The third-order valence-corrected chi connectivity index (χ3v) is 18.4. The Kier molecular flexibility index (Phi) is 20.6. The van der Waals surface area contributed by atoms with Gasteiger partial charge in [0.25, 0.3) is 0 Å². The summed E-state index contributed by atoms with van der Waals surface area (Å²) in [6.45, 7) is 6.72. The second kappa shape index (κ2) is 29.8. The van der Waals surface area contributed by atoms with Crippen molar-refractivity contribution in [3.63, 3.8) is 0 Å². The standard InChI is InChI=1S/C75H70Cl2N8O20/c1-5-6-7-33-8-10-34(11-9-33)31-78-32-45-51(89)30-44-57(65(45)91)43-24-36(13-16-49(43)87)58-69(95)84-63(72(98)83-62(44)73(99)100)64(90)38-15-19-53(47(77)25-38)104-56-28-40-27-55(66(56)92)103-52-18-12-35(20-46(52)76)21-48-67(93)80-60(70(96)82-61(40)71(97)81-58)39-22-41(86)29-42(23-39)102-54-26-37(14-17-50(54)88)59(68(94)79-48)85-74(101)105-75(2,3)4/h8-20,22-30,48,58-64,78,86-92H,5-7,21,31-32H2,1-4H3,(H,79,94)(H,80,93)(H,81,97)(H,82,96)(H,83,98)(H,84,95)(H,85,101)(H,99,100)/t48?,58?,59?,60?,61?,62-,63?,64?/m1/s1. The number of phenols is 6. The summed E-state index contributed by atoms with van der Waals surface area (Å²) in [5.74, 6) is -15.7. The number of aliphatic hydroxyl groups excluding tert-OH is 1. The van der Waals surface area contributed by atoms with E-state index in [1.165, 1.54) is 48.5 Å². The summed E-state index contributed by atoms with van der Waals surface area (Å²) in [4.78, 5) is 120. The molecule has 28 nitrogen and oxygen atoms in total. The summed E-state index contributed by atoms with van der Waals surface area (Å²) in [6.07, 6.45) is -0.846. The molecule has 17 bridgehead atoms. The molecule has 544 valence electrons. The van der Waals surface area contributed by atoms with Crippen molar-refractivity contribution in [2.24, 2.45) is 0 Å². The van der Waals surface area contributed by atoms with E-state index < -0.39 is 171 Å². The number of carbonyl (C=O) groups is 8. The lowest BCUT2D eigenvalue weighted by molar-refractivity contribution is -0.143. The van der Waals surface area contributed by atoms with Crippen LogP contribution in [-0.2, 0) is 64.2 Å². The number of carbonyl (C=O) groups excluding carboxylic acids is 7. The Bertz CT molecular complexity index is 4860. The third kappa shape index (κ3) is 15.8. The Morgan fingerprint density at radius 2 is 1.15 bits per heavy atom. The molecule has 0 aromatic heterocycles. The number of aryl methyl sites for hydroxylation is 1. The molecule has 6 aliphatic rings. The smallest absolute Gasteiger partial charge is 0.408 e. The molecule has 8 aromatic rings. The normalized spacial score (nSPS) is 20.1. The largest absolute Gasteiger partial charge is 0.508 e. The van der Waals surface area contributed by atoms with Gasteiger partial charge in [-0.15, -0.1) is 0 Å². The molecule has 8 aromatic carbocycles. The zero-order valence-corrected chi connectivity index (χ0v) is 57.8. The molecule has 0 radical (unpaired) electrons. The van der Waals surface area contributed by atoms with E-state index in [0.29, 0.717) is 0 Å². The van der Waals surface area contributed by atoms with Crippen LogP contribution in [0.4, 0.5) is 4.79 Å². The van der Waals surface area contributed by atoms with E-state index in [-0.39, 0.29) is 85.1 Å². The number of unbranched alkanes of at least 4 members (excludes halogenated alkanes) is 1. The zero-order valence-electron chi connectivity index (χ0n) is 56.3. The molecular weight excluding hydrogens is 1400 g/mol. The van der Waals surface area contributed by atoms with Crippen molar-refractivity contribution < 1.29 is 98.2 Å². The first-order chi connectivity index (χ1) is 50.0. The van der Waals surface area contributed by atoms with Gasteiger partial charge in [0.15, 0.2) is 29.0 Å². The van der Waals surface area contributed by atoms with Crippen LogP contribution in [-0.4, -0.2) is 106 Å². The van der Waals surface area contributed by atoms with Gasteiger partial charge < -0.3 is 102 Å². The van der Waals surface area contributed by atoms with Crippen LogP contribution < -0.4 is 56.7 Å². The summed E-state index contributed by atoms with van der Waals surface area (Å²) >= 11 is 13.9. The number of hydrogen-bond acceptors (Lipinski definition) is 20. The molecule has 0 fully saturated rings. The number of carboxylic acid groups (broad SMARTS) is 1. The number of aliphatic carboxylic acids is 1. The van der Waals surface area contributed by atoms with Gasteiger partial charge in [0.2, 0.25) is 41.2 Å². The van der Waals surface area contributed by atoms with Gasteiger partial charge in [-0.2, -0.15) is 0 Å². The number of benzene rings is 8. The molecule has 7 unspecified atom stereocenters. The van der Waals surface area contributed by atoms with E-state index in [9.17, 15) is 55.2 Å². The fourth-order valence-electron chi connectivity index (χ4n) is 12.6. The van der Waals surface area contributed by atoms with E-state index >= 15 is 24.0 Å². The molecule has 0 saturated carbocycles. The second-order valence-corrected chi connectivity index (χ2v) is 27.3. The lowest BCUT2D eigenvalue weighted by Gasteiger charge is -2.31. The SMILES string of the molecule is CCCCc1ccc(CNCc2c(O)cc3c(c2O)-c2cc(ccc2O)C2NC(=O)C4NC(=O)C5NC(=O)C(Cc6ccc(c(Cl)c6)Oc6cc4cc(c6O)Oc4ccc(cc4Cl)C(O)C(NC2=O)C(=O)N[C@H]3C(=O)O)NC(=O)C(NC(=O)OC(C)(C)C)c2ccc(O)c(c2)Oc2cc(O)cc5c2)cc1. The van der Waals surface area contributed by atoms with Crippen LogP contribution in [0.5, 0.6) is 69.0 Å². The fraction of sp³-hybridized carbons (Fsp3) is 0.253. The van der Waals surface area contributed by atoms with Crippen molar-refractivity contribution >= 4 is 70.7 Å². The average Bonchev–Trinajstić information content (AvgIpc) is 0.760. The average molecular weight is 1470 g/mol. The number of aromatic hydroxyl groups is 6. The summed E-state index contributed by atoms with van der Waals surface area (Å²) < 4.78 is 24.2. The Hall–Kier alpha value is -12.0. The predicted molar refractivity (Wildman–Crippen MR) is 376 cm³/mol. The molecule has 105 heavy (non-hydrogen) atoms. The lowest BCUT2D eigenvalue weighted by atomic mass is 9.88. The van der Waals surface area contributed by atoms with Crippen molar-refractivity contribution in [3.8, 4) is 80.1 Å². The number of nitrogens with one attached hydrogen (secondary N) is 8. The number of phenolic OH excluding ortho intramolecular Hbond substituents is 6. The first kappa shape index (κ1) is 72.8. The quantitative estimate of drug-likeness (QED) is 0.0640. The summed E-state index contributed by atoms with van der Waals surface area (Å²) in [5.41, 5.74) is -1.76. The van der Waals surface area contributed by atoms with Crippen LogP contribution in [0, 0.1) is 0 Å². The van der Waals surface area contributed by atoms with E-state index in [0.717, 1.165) is 91.1 Å². The summed E-state index contributed by atoms with van der Waals surface area (Å²) in [6, 6.07) is 14.2. The van der Waals surface area contributed by atoms with Crippen molar-refractivity contribution in [3.05, 3.63) is 199 Å². The Morgan fingerprint density at radius 3 is 1.81 bits per heavy atom. The fourth-order valence-corrected chi connectivity index (χ4v) is 13.0. The van der Waals surface area contributed by atoms with Crippen molar-refractivity contribution in [1.82, 2.24) is 42.5 Å². The van der Waals surface area contributed by atoms with Crippen LogP contribution in [0.1, 0.15) is 132 Å². The minimum Gasteiger partial charge on any atom is -0.508 e. The molecule has 0 spiro atoms. The highest BCUT2D eigenvalue weighted by molar-refractivity contribution is 6.32. The minimum absolute atomic E-state index is 0.0114. The van der Waals surface area contributed by atoms with Crippen molar-refractivity contribution in [2.75, 3.05) is 0 Å². The van der Waals surface area contributed by atoms with Crippen LogP contribution >= 0.6 is 23.2 Å². The molecule has 8 atom stereocenters. The van der Waals surface area contributed by atoms with Gasteiger partial charge in [0, 0.05) is 42.3 Å². The molecule has 14 rings (SSSR count). The highest BCUT2D eigenvalue weighted by Gasteiger charge is 2.42. The van der Waals surface area contributed by atoms with Gasteiger partial charge in [-0.05, 0) is 157 Å². The number of hydrogen-bond donors (Lipinski definition) is 16. The Morgan fingerprint density at radius 1 is 0.552 bits per heavy atom. The Balaban J connectivity index is 1.03. The third-order valence-electron chi connectivity index (χ3n) is 17.8. The topological polar surface area (TPSA) is 432 Å². The number of amides is 7. The number of rotatable bonds is 9. The maximum atomic E-state index is 16.1. The molecule has 30 heteroatoms. The maximum Gasteiger partial charge on any atom is 0.408 e. The first-order valence-electron chi connectivity index (χ1n) is 33.0. The molecule has 0 saturated heterocycles. The maximum absolute atomic E-state index is 16.1. The Labute approximate surface area is 608 Å². The van der Waals surface area contributed by atoms with Gasteiger partial charge in [0.05, 0.1) is 15.6 Å². The molecule has 7 amide bonds. The number of ether oxygens (including phenoxy) is 4. The van der Waals surface area contributed by atoms with E-state index in [1.54, 1.807) is 20.8 Å². The van der Waals surface area contributed by atoms with Crippen LogP contribution in [0.25, 0.3) is 11.1 Å². The molecule has 16 N–H and O–H groups in total. The zero-order chi connectivity index (χ0) is 75.0. The summed E-state index contributed by atoms with van der Waals surface area (Å²) in [7, 11) is 0. The molecular formula is C75H70Cl2N8O20.